The van der Waals surface area contributed by atoms with Gasteiger partial charge < -0.3 is 10.4 Å². The van der Waals surface area contributed by atoms with Crippen molar-refractivity contribution in [2.45, 2.75) is 44.3 Å². The Hall–Kier alpha value is -1.55. The first-order chi connectivity index (χ1) is 9.15. The van der Waals surface area contributed by atoms with Gasteiger partial charge in [-0.25, -0.2) is 4.79 Å². The Morgan fingerprint density at radius 1 is 1.37 bits per heavy atom. The maximum absolute atomic E-state index is 11.2. The number of likely N-dealkylation sites (tertiary alicyclic amines) is 1. The van der Waals surface area contributed by atoms with E-state index < -0.39 is 5.97 Å². The maximum atomic E-state index is 11.2. The Balaban J connectivity index is 1.70. The number of benzene rings is 1. The second-order valence-electron chi connectivity index (χ2n) is 5.70. The standard InChI is InChI=1S/C15H20N2O2/c1-10-8-11(9-17(10)12-6-7-12)16-14-5-3-2-4-13(14)15(18)19/h2-5,10-12,16H,6-9H2,1H3,(H,18,19). The Kier molecular flexibility index (Phi) is 3.19. The third kappa shape index (κ3) is 2.59. The average molecular weight is 260 g/mol. The number of para-hydroxylation sites is 1. The van der Waals surface area contributed by atoms with Gasteiger partial charge in [-0.1, -0.05) is 12.1 Å². The quantitative estimate of drug-likeness (QED) is 0.873. The number of carboxylic acid groups (broad SMARTS) is 1. The molecule has 0 bridgehead atoms. The molecule has 1 aliphatic heterocycles. The molecule has 102 valence electrons. The predicted molar refractivity (Wildman–Crippen MR) is 74.6 cm³/mol. The SMILES string of the molecule is CC1CC(Nc2ccccc2C(=O)O)CN1C1CC1. The van der Waals surface area contributed by atoms with Crippen LogP contribution in [0.5, 0.6) is 0 Å². The number of hydrogen-bond donors (Lipinski definition) is 2. The fourth-order valence-electron chi connectivity index (χ4n) is 3.09. The van der Waals surface area contributed by atoms with Gasteiger partial charge >= 0.3 is 5.97 Å². The third-order valence-electron chi connectivity index (χ3n) is 4.16. The molecule has 0 aromatic heterocycles. The van der Waals surface area contributed by atoms with Crippen molar-refractivity contribution in [3.05, 3.63) is 29.8 Å². The van der Waals surface area contributed by atoms with Crippen LogP contribution in [0.3, 0.4) is 0 Å². The number of aromatic carboxylic acids is 1. The van der Waals surface area contributed by atoms with Crippen molar-refractivity contribution in [1.82, 2.24) is 4.90 Å². The van der Waals surface area contributed by atoms with Crippen LogP contribution in [-0.4, -0.2) is 40.6 Å². The van der Waals surface area contributed by atoms with Gasteiger partial charge in [-0.3, -0.25) is 4.90 Å². The Bertz CT molecular complexity index is 485. The van der Waals surface area contributed by atoms with Crippen LogP contribution in [0.4, 0.5) is 5.69 Å². The first-order valence-corrected chi connectivity index (χ1v) is 6.99. The van der Waals surface area contributed by atoms with Crippen LogP contribution in [0.1, 0.15) is 36.5 Å². The van der Waals surface area contributed by atoms with E-state index in [1.807, 2.05) is 12.1 Å². The molecule has 3 rings (SSSR count). The molecule has 2 unspecified atom stereocenters. The predicted octanol–water partition coefficient (Wildman–Crippen LogP) is 2.42. The van der Waals surface area contributed by atoms with E-state index in [0.717, 1.165) is 24.7 Å². The smallest absolute Gasteiger partial charge is 0.337 e. The van der Waals surface area contributed by atoms with Crippen molar-refractivity contribution in [2.75, 3.05) is 11.9 Å². The fraction of sp³-hybridized carbons (Fsp3) is 0.533. The summed E-state index contributed by atoms with van der Waals surface area (Å²) >= 11 is 0. The van der Waals surface area contributed by atoms with Gasteiger partial charge in [0.15, 0.2) is 0 Å². The van der Waals surface area contributed by atoms with Crippen molar-refractivity contribution in [2.24, 2.45) is 0 Å². The molecule has 2 aliphatic rings. The van der Waals surface area contributed by atoms with Gasteiger partial charge in [0.25, 0.3) is 0 Å². The molecular formula is C15H20N2O2. The Labute approximate surface area is 113 Å². The van der Waals surface area contributed by atoms with Crippen LogP contribution in [-0.2, 0) is 0 Å². The lowest BCUT2D eigenvalue weighted by Crippen LogP contribution is -2.31. The minimum absolute atomic E-state index is 0.357. The lowest BCUT2D eigenvalue weighted by atomic mass is 10.1. The number of carboxylic acids is 1. The van der Waals surface area contributed by atoms with Gasteiger partial charge in [-0.2, -0.15) is 0 Å². The van der Waals surface area contributed by atoms with Gasteiger partial charge in [0, 0.05) is 30.4 Å². The minimum atomic E-state index is -0.867. The van der Waals surface area contributed by atoms with E-state index >= 15 is 0 Å². The number of anilines is 1. The molecular weight excluding hydrogens is 240 g/mol. The maximum Gasteiger partial charge on any atom is 0.337 e. The van der Waals surface area contributed by atoms with Crippen molar-refractivity contribution in [1.29, 1.82) is 0 Å². The highest BCUT2D eigenvalue weighted by molar-refractivity contribution is 5.94. The lowest BCUT2D eigenvalue weighted by molar-refractivity contribution is 0.0698. The molecule has 1 aliphatic carbocycles. The van der Waals surface area contributed by atoms with E-state index in [1.54, 1.807) is 12.1 Å². The van der Waals surface area contributed by atoms with E-state index in [4.69, 9.17) is 0 Å². The monoisotopic (exact) mass is 260 g/mol. The normalized spacial score (nSPS) is 27.4. The minimum Gasteiger partial charge on any atom is -0.478 e. The first-order valence-electron chi connectivity index (χ1n) is 6.99. The number of nitrogens with one attached hydrogen (secondary N) is 1. The molecule has 2 N–H and O–H groups in total. The molecule has 1 saturated carbocycles. The van der Waals surface area contributed by atoms with Gasteiger partial charge in [-0.15, -0.1) is 0 Å². The van der Waals surface area contributed by atoms with Crippen molar-refractivity contribution in [3.8, 4) is 0 Å². The summed E-state index contributed by atoms with van der Waals surface area (Å²) < 4.78 is 0. The molecule has 4 nitrogen and oxygen atoms in total. The zero-order valence-electron chi connectivity index (χ0n) is 11.2. The van der Waals surface area contributed by atoms with Crippen molar-refractivity contribution in [3.63, 3.8) is 0 Å². The topological polar surface area (TPSA) is 52.6 Å². The molecule has 2 fully saturated rings. The largest absolute Gasteiger partial charge is 0.478 e. The second-order valence-corrected chi connectivity index (χ2v) is 5.70. The van der Waals surface area contributed by atoms with E-state index in [-0.39, 0.29) is 0 Å². The Morgan fingerprint density at radius 2 is 2.11 bits per heavy atom. The summed E-state index contributed by atoms with van der Waals surface area (Å²) in [5.74, 6) is -0.867. The number of nitrogens with zero attached hydrogens (tertiary/aromatic N) is 1. The van der Waals surface area contributed by atoms with Gasteiger partial charge in [0.2, 0.25) is 0 Å². The molecule has 1 aromatic carbocycles. The molecule has 2 atom stereocenters. The summed E-state index contributed by atoms with van der Waals surface area (Å²) in [6.45, 7) is 3.29. The van der Waals surface area contributed by atoms with Crippen LogP contribution < -0.4 is 5.32 Å². The van der Waals surface area contributed by atoms with Crippen LogP contribution in [0, 0.1) is 0 Å². The molecule has 1 saturated heterocycles. The van der Waals surface area contributed by atoms with Gasteiger partial charge in [-0.05, 0) is 38.3 Å². The molecule has 0 amide bonds. The summed E-state index contributed by atoms with van der Waals surface area (Å²) in [5, 5.41) is 12.6. The van der Waals surface area contributed by atoms with Crippen LogP contribution >= 0.6 is 0 Å². The number of rotatable bonds is 4. The summed E-state index contributed by atoms with van der Waals surface area (Å²) in [6, 6.07) is 8.89. The molecule has 1 heterocycles. The van der Waals surface area contributed by atoms with Gasteiger partial charge in [0.1, 0.15) is 0 Å². The summed E-state index contributed by atoms with van der Waals surface area (Å²) in [6.07, 6.45) is 3.73. The fourth-order valence-corrected chi connectivity index (χ4v) is 3.09. The van der Waals surface area contributed by atoms with Crippen LogP contribution in [0.25, 0.3) is 0 Å². The van der Waals surface area contributed by atoms with E-state index in [0.29, 0.717) is 17.6 Å². The van der Waals surface area contributed by atoms with Crippen LogP contribution in [0.2, 0.25) is 0 Å². The number of carbonyl (C=O) groups is 1. The molecule has 1 aromatic rings. The zero-order chi connectivity index (χ0) is 13.4. The van der Waals surface area contributed by atoms with Gasteiger partial charge in [0.05, 0.1) is 5.56 Å². The molecule has 0 radical (unpaired) electrons. The molecule has 4 heteroatoms. The second kappa shape index (κ2) is 4.85. The zero-order valence-corrected chi connectivity index (χ0v) is 11.2. The molecule has 0 spiro atoms. The molecule has 19 heavy (non-hydrogen) atoms. The van der Waals surface area contributed by atoms with Crippen LogP contribution in [0.15, 0.2) is 24.3 Å². The number of hydrogen-bond acceptors (Lipinski definition) is 3. The first kappa shape index (κ1) is 12.5. The summed E-state index contributed by atoms with van der Waals surface area (Å²) in [7, 11) is 0. The summed E-state index contributed by atoms with van der Waals surface area (Å²) in [5.41, 5.74) is 1.10. The highest BCUT2D eigenvalue weighted by atomic mass is 16.4. The van der Waals surface area contributed by atoms with Crippen molar-refractivity contribution < 1.29 is 9.90 Å². The third-order valence-corrected chi connectivity index (χ3v) is 4.16. The Morgan fingerprint density at radius 3 is 2.79 bits per heavy atom. The highest BCUT2D eigenvalue weighted by Crippen LogP contribution is 2.34. The average Bonchev–Trinajstić information content (AvgIpc) is 3.15. The van der Waals surface area contributed by atoms with E-state index in [9.17, 15) is 9.90 Å². The van der Waals surface area contributed by atoms with E-state index in [1.165, 1.54) is 12.8 Å². The van der Waals surface area contributed by atoms with E-state index in [2.05, 4.69) is 17.1 Å². The summed E-state index contributed by atoms with van der Waals surface area (Å²) in [4.78, 5) is 13.7. The van der Waals surface area contributed by atoms with Crippen molar-refractivity contribution >= 4 is 11.7 Å². The highest BCUT2D eigenvalue weighted by Gasteiger charge is 2.38. The lowest BCUT2D eigenvalue weighted by Gasteiger charge is -2.20.